The number of rotatable bonds is 2. The summed E-state index contributed by atoms with van der Waals surface area (Å²) in [5.74, 6) is 1.14. The first-order valence-electron chi connectivity index (χ1n) is 6.49. The van der Waals surface area contributed by atoms with Crippen molar-refractivity contribution in [2.45, 2.75) is 38.0 Å². The van der Waals surface area contributed by atoms with Crippen molar-refractivity contribution in [3.63, 3.8) is 0 Å². The number of nitriles is 1. The Morgan fingerprint density at radius 2 is 2.06 bits per heavy atom. The molecule has 18 heavy (non-hydrogen) atoms. The largest absolute Gasteiger partial charge is 0.495 e. The van der Waals surface area contributed by atoms with Crippen LogP contribution < -0.4 is 4.74 Å². The third-order valence-electron chi connectivity index (χ3n) is 3.79. The quantitative estimate of drug-likeness (QED) is 0.734. The average molecular weight is 264 g/mol. The lowest BCUT2D eigenvalue weighted by Gasteiger charge is -2.20. The molecule has 0 saturated heterocycles. The van der Waals surface area contributed by atoms with E-state index in [1.165, 1.54) is 24.8 Å². The number of benzene rings is 1. The topological polar surface area (TPSA) is 33.0 Å². The second-order valence-corrected chi connectivity index (χ2v) is 5.28. The van der Waals surface area contributed by atoms with E-state index >= 15 is 0 Å². The predicted molar refractivity (Wildman–Crippen MR) is 72.9 cm³/mol. The fourth-order valence-electron chi connectivity index (χ4n) is 2.77. The van der Waals surface area contributed by atoms with Gasteiger partial charge < -0.3 is 4.74 Å². The third kappa shape index (κ3) is 2.79. The summed E-state index contributed by atoms with van der Waals surface area (Å²) in [5.41, 5.74) is 1.18. The first-order chi connectivity index (χ1) is 8.76. The van der Waals surface area contributed by atoms with E-state index in [1.807, 2.05) is 18.2 Å². The van der Waals surface area contributed by atoms with E-state index in [1.54, 1.807) is 7.11 Å². The van der Waals surface area contributed by atoms with E-state index in [4.69, 9.17) is 16.3 Å². The third-order valence-corrected chi connectivity index (χ3v) is 4.08. The van der Waals surface area contributed by atoms with Crippen molar-refractivity contribution in [3.05, 3.63) is 28.8 Å². The molecule has 0 N–H and O–H groups in total. The zero-order valence-corrected chi connectivity index (χ0v) is 11.4. The van der Waals surface area contributed by atoms with Gasteiger partial charge in [-0.15, -0.1) is 0 Å². The minimum atomic E-state index is 0.122. The van der Waals surface area contributed by atoms with Crippen LogP contribution in [-0.4, -0.2) is 7.11 Å². The highest BCUT2D eigenvalue weighted by molar-refractivity contribution is 6.32. The maximum Gasteiger partial charge on any atom is 0.137 e. The van der Waals surface area contributed by atoms with E-state index < -0.39 is 0 Å². The number of halogens is 1. The molecule has 3 heteroatoms. The van der Waals surface area contributed by atoms with Crippen LogP contribution in [0.1, 0.15) is 43.6 Å². The molecule has 2 unspecified atom stereocenters. The minimum Gasteiger partial charge on any atom is -0.495 e. The standard InChI is InChI=1S/C15H18ClNO/c1-18-15-8-7-11(9-14(15)16)13-6-4-2-3-5-12(13)10-17/h7-9,12-13H,2-6H2,1H3. The van der Waals surface area contributed by atoms with Crippen LogP contribution >= 0.6 is 11.6 Å². The summed E-state index contributed by atoms with van der Waals surface area (Å²) in [5, 5.41) is 9.95. The van der Waals surface area contributed by atoms with Crippen LogP contribution in [0.3, 0.4) is 0 Å². The SMILES string of the molecule is COc1ccc(C2CCCCCC2C#N)cc1Cl. The Morgan fingerprint density at radius 1 is 1.28 bits per heavy atom. The highest BCUT2D eigenvalue weighted by Gasteiger charge is 2.25. The van der Waals surface area contributed by atoms with Crippen molar-refractivity contribution >= 4 is 11.6 Å². The van der Waals surface area contributed by atoms with Crippen LogP contribution in [-0.2, 0) is 0 Å². The normalized spacial score (nSPS) is 24.1. The lowest BCUT2D eigenvalue weighted by atomic mass is 9.83. The van der Waals surface area contributed by atoms with Crippen LogP contribution in [0, 0.1) is 17.2 Å². The van der Waals surface area contributed by atoms with E-state index in [-0.39, 0.29) is 5.92 Å². The number of ether oxygens (including phenoxy) is 1. The molecule has 2 atom stereocenters. The predicted octanol–water partition coefficient (Wildman–Crippen LogP) is 4.54. The zero-order valence-electron chi connectivity index (χ0n) is 10.7. The molecular formula is C15H18ClNO. The molecule has 0 aromatic heterocycles. The lowest BCUT2D eigenvalue weighted by molar-refractivity contribution is 0.414. The molecule has 1 aliphatic rings. The van der Waals surface area contributed by atoms with Gasteiger partial charge in [0.25, 0.3) is 0 Å². The van der Waals surface area contributed by atoms with Crippen molar-refractivity contribution in [2.24, 2.45) is 5.92 Å². The molecule has 0 heterocycles. The van der Waals surface area contributed by atoms with Gasteiger partial charge in [-0.25, -0.2) is 0 Å². The van der Waals surface area contributed by atoms with Crippen LogP contribution in [0.5, 0.6) is 5.75 Å². The molecule has 0 amide bonds. The molecule has 1 aromatic carbocycles. The van der Waals surface area contributed by atoms with Gasteiger partial charge >= 0.3 is 0 Å². The lowest BCUT2D eigenvalue weighted by Crippen LogP contribution is -2.09. The van der Waals surface area contributed by atoms with E-state index in [0.29, 0.717) is 16.7 Å². The second kappa shape index (κ2) is 6.11. The molecule has 2 nitrogen and oxygen atoms in total. The second-order valence-electron chi connectivity index (χ2n) is 4.87. The average Bonchev–Trinajstić information content (AvgIpc) is 2.63. The van der Waals surface area contributed by atoms with Crippen molar-refractivity contribution in [2.75, 3.05) is 7.11 Å². The van der Waals surface area contributed by atoms with Crippen molar-refractivity contribution in [1.82, 2.24) is 0 Å². The summed E-state index contributed by atoms with van der Waals surface area (Å²) in [4.78, 5) is 0. The molecule has 1 saturated carbocycles. The fraction of sp³-hybridized carbons (Fsp3) is 0.533. The molecular weight excluding hydrogens is 246 g/mol. The van der Waals surface area contributed by atoms with Crippen LogP contribution in [0.15, 0.2) is 18.2 Å². The van der Waals surface area contributed by atoms with Crippen LogP contribution in [0.2, 0.25) is 5.02 Å². The number of methoxy groups -OCH3 is 1. The zero-order chi connectivity index (χ0) is 13.0. The Bertz CT molecular complexity index is 452. The fourth-order valence-corrected chi connectivity index (χ4v) is 3.04. The first-order valence-corrected chi connectivity index (χ1v) is 6.87. The van der Waals surface area contributed by atoms with E-state index in [0.717, 1.165) is 12.8 Å². The Balaban J connectivity index is 2.28. The maximum atomic E-state index is 9.31. The Morgan fingerprint density at radius 3 is 2.72 bits per heavy atom. The molecule has 0 aliphatic heterocycles. The Kier molecular flexibility index (Phi) is 4.49. The molecule has 2 rings (SSSR count). The van der Waals surface area contributed by atoms with E-state index in [9.17, 15) is 5.26 Å². The first kappa shape index (κ1) is 13.2. The van der Waals surface area contributed by atoms with Gasteiger partial charge in [-0.1, -0.05) is 36.9 Å². The van der Waals surface area contributed by atoms with Crippen LogP contribution in [0.25, 0.3) is 0 Å². The van der Waals surface area contributed by atoms with Crippen molar-refractivity contribution in [1.29, 1.82) is 5.26 Å². The molecule has 1 aromatic rings. The monoisotopic (exact) mass is 263 g/mol. The van der Waals surface area contributed by atoms with Gasteiger partial charge in [0.1, 0.15) is 5.75 Å². The highest BCUT2D eigenvalue weighted by Crippen LogP contribution is 2.38. The van der Waals surface area contributed by atoms with Crippen LogP contribution in [0.4, 0.5) is 0 Å². The summed E-state index contributed by atoms with van der Waals surface area (Å²) in [6.45, 7) is 0. The summed E-state index contributed by atoms with van der Waals surface area (Å²) in [6, 6.07) is 8.37. The maximum absolute atomic E-state index is 9.31. The van der Waals surface area contributed by atoms with Gasteiger partial charge in [0.15, 0.2) is 0 Å². The molecule has 0 radical (unpaired) electrons. The molecule has 96 valence electrons. The highest BCUT2D eigenvalue weighted by atomic mass is 35.5. The van der Waals surface area contributed by atoms with Gasteiger partial charge in [0.2, 0.25) is 0 Å². The Labute approximate surface area is 114 Å². The molecule has 0 spiro atoms. The summed E-state index contributed by atoms with van der Waals surface area (Å²) in [6.07, 6.45) is 5.69. The molecule has 1 fully saturated rings. The van der Waals surface area contributed by atoms with Crippen molar-refractivity contribution < 1.29 is 4.74 Å². The van der Waals surface area contributed by atoms with Gasteiger partial charge in [0, 0.05) is 0 Å². The van der Waals surface area contributed by atoms with Gasteiger partial charge in [-0.05, 0) is 36.5 Å². The summed E-state index contributed by atoms with van der Waals surface area (Å²) < 4.78 is 5.17. The molecule has 0 bridgehead atoms. The smallest absolute Gasteiger partial charge is 0.137 e. The number of hydrogen-bond donors (Lipinski definition) is 0. The molecule has 1 aliphatic carbocycles. The van der Waals surface area contributed by atoms with E-state index in [2.05, 4.69) is 6.07 Å². The number of hydrogen-bond acceptors (Lipinski definition) is 2. The van der Waals surface area contributed by atoms with Gasteiger partial charge in [-0.2, -0.15) is 5.26 Å². The summed E-state index contributed by atoms with van der Waals surface area (Å²) >= 11 is 6.17. The number of nitrogens with zero attached hydrogens (tertiary/aromatic N) is 1. The van der Waals surface area contributed by atoms with Gasteiger partial charge in [0.05, 0.1) is 24.1 Å². The minimum absolute atomic E-state index is 0.122. The Hall–Kier alpha value is -1.20. The summed E-state index contributed by atoms with van der Waals surface area (Å²) in [7, 11) is 1.62. The van der Waals surface area contributed by atoms with Crippen molar-refractivity contribution in [3.8, 4) is 11.8 Å². The van der Waals surface area contributed by atoms with Gasteiger partial charge in [-0.3, -0.25) is 0 Å².